The fourth-order valence-corrected chi connectivity index (χ4v) is 4.12. The van der Waals surface area contributed by atoms with E-state index in [1.54, 1.807) is 0 Å². The molecule has 1 atom stereocenters. The molecule has 0 aromatic heterocycles. The zero-order valence-electron chi connectivity index (χ0n) is 13.9. The molecule has 134 valence electrons. The smallest absolute Gasteiger partial charge is 0.133 e. The summed E-state index contributed by atoms with van der Waals surface area (Å²) in [6.45, 7) is 4.80. The Morgan fingerprint density at radius 3 is 2.40 bits per heavy atom. The quantitative estimate of drug-likeness (QED) is 0.698. The molecule has 2 aromatic carbocycles. The summed E-state index contributed by atoms with van der Waals surface area (Å²) in [6, 6.07) is 16.2. The van der Waals surface area contributed by atoms with Crippen molar-refractivity contribution in [2.24, 2.45) is 0 Å². The van der Waals surface area contributed by atoms with Crippen LogP contribution in [0.2, 0.25) is 0 Å². The maximum Gasteiger partial charge on any atom is 0.133 e. The van der Waals surface area contributed by atoms with Gasteiger partial charge >= 0.3 is 0 Å². The summed E-state index contributed by atoms with van der Waals surface area (Å²) in [5, 5.41) is 10.3. The van der Waals surface area contributed by atoms with E-state index in [0.717, 1.165) is 40.9 Å². The van der Waals surface area contributed by atoms with Crippen molar-refractivity contribution in [3.63, 3.8) is 0 Å². The molecule has 2 aromatic rings. The van der Waals surface area contributed by atoms with Gasteiger partial charge < -0.3 is 14.7 Å². The van der Waals surface area contributed by atoms with E-state index in [1.807, 2.05) is 24.3 Å². The molecular weight excluding hydrogens is 448 g/mol. The standard InChI is InChI=1S/C19H22Br2N2O2/c20-15-6-7-19(18(21)12-15)25-14-17(24)13-22-8-10-23(11-9-22)16-4-2-1-3-5-16/h1-7,12,17,24H,8-11,13-14H2. The van der Waals surface area contributed by atoms with E-state index < -0.39 is 6.10 Å². The number of benzene rings is 2. The molecule has 1 fully saturated rings. The van der Waals surface area contributed by atoms with E-state index in [4.69, 9.17) is 4.74 Å². The molecule has 0 spiro atoms. The van der Waals surface area contributed by atoms with Gasteiger partial charge in [0.25, 0.3) is 0 Å². The van der Waals surface area contributed by atoms with Crippen molar-refractivity contribution in [1.29, 1.82) is 0 Å². The normalized spacial score (nSPS) is 16.7. The Morgan fingerprint density at radius 1 is 1.00 bits per heavy atom. The minimum absolute atomic E-state index is 0.291. The summed E-state index contributed by atoms with van der Waals surface area (Å²) in [4.78, 5) is 4.68. The van der Waals surface area contributed by atoms with Gasteiger partial charge in [-0.1, -0.05) is 34.1 Å². The molecule has 4 nitrogen and oxygen atoms in total. The van der Waals surface area contributed by atoms with E-state index >= 15 is 0 Å². The molecule has 1 N–H and O–H groups in total. The second-order valence-corrected chi connectivity index (χ2v) is 7.93. The zero-order valence-corrected chi connectivity index (χ0v) is 17.1. The number of rotatable bonds is 6. The van der Waals surface area contributed by atoms with Crippen LogP contribution in [0.3, 0.4) is 0 Å². The number of hydrogen-bond donors (Lipinski definition) is 1. The maximum absolute atomic E-state index is 10.3. The van der Waals surface area contributed by atoms with Crippen LogP contribution in [0.25, 0.3) is 0 Å². The molecule has 0 saturated carbocycles. The van der Waals surface area contributed by atoms with Gasteiger partial charge in [-0.25, -0.2) is 0 Å². The lowest BCUT2D eigenvalue weighted by atomic mass is 10.2. The Balaban J connectivity index is 1.42. The number of halogens is 2. The number of ether oxygens (including phenoxy) is 1. The van der Waals surface area contributed by atoms with Gasteiger partial charge in [-0.15, -0.1) is 0 Å². The van der Waals surface area contributed by atoms with Crippen LogP contribution < -0.4 is 9.64 Å². The Labute approximate surface area is 165 Å². The number of aliphatic hydroxyl groups is 1. The molecule has 0 amide bonds. The largest absolute Gasteiger partial charge is 0.490 e. The van der Waals surface area contributed by atoms with Crippen molar-refractivity contribution < 1.29 is 9.84 Å². The number of β-amino-alcohol motifs (C(OH)–C–C–N with tert-alkyl or cyclic N) is 1. The van der Waals surface area contributed by atoms with Crippen LogP contribution in [0, 0.1) is 0 Å². The number of piperazine rings is 1. The number of anilines is 1. The Bertz CT molecular complexity index is 676. The van der Waals surface area contributed by atoms with Crippen LogP contribution in [0.15, 0.2) is 57.5 Å². The maximum atomic E-state index is 10.3. The molecule has 1 aliphatic heterocycles. The first-order chi connectivity index (χ1) is 12.1. The lowest BCUT2D eigenvalue weighted by Gasteiger charge is -2.36. The molecule has 3 rings (SSSR count). The van der Waals surface area contributed by atoms with Crippen molar-refractivity contribution in [2.45, 2.75) is 6.10 Å². The van der Waals surface area contributed by atoms with Crippen molar-refractivity contribution >= 4 is 37.5 Å². The molecule has 0 aliphatic carbocycles. The average molecular weight is 470 g/mol. The third-order valence-corrected chi connectivity index (χ3v) is 5.40. The Hall–Kier alpha value is -1.08. The molecule has 1 saturated heterocycles. The van der Waals surface area contributed by atoms with E-state index in [-0.39, 0.29) is 0 Å². The molecule has 1 heterocycles. The van der Waals surface area contributed by atoms with E-state index in [1.165, 1.54) is 5.69 Å². The first kappa shape index (κ1) is 18.7. The van der Waals surface area contributed by atoms with Gasteiger partial charge in [0.05, 0.1) is 4.47 Å². The summed E-state index contributed by atoms with van der Waals surface area (Å²) >= 11 is 6.89. The third kappa shape index (κ3) is 5.45. The Kier molecular flexibility index (Phi) is 6.76. The van der Waals surface area contributed by atoms with Crippen LogP contribution in [-0.4, -0.2) is 55.4 Å². The lowest BCUT2D eigenvalue weighted by molar-refractivity contribution is 0.0660. The zero-order chi connectivity index (χ0) is 17.6. The monoisotopic (exact) mass is 468 g/mol. The highest BCUT2D eigenvalue weighted by Gasteiger charge is 2.19. The Morgan fingerprint density at radius 2 is 1.72 bits per heavy atom. The summed E-state index contributed by atoms with van der Waals surface area (Å²) in [7, 11) is 0. The van der Waals surface area contributed by atoms with Crippen molar-refractivity contribution in [3.05, 3.63) is 57.5 Å². The molecule has 0 radical (unpaired) electrons. The minimum Gasteiger partial charge on any atom is -0.490 e. The van der Waals surface area contributed by atoms with E-state index in [9.17, 15) is 5.11 Å². The van der Waals surface area contributed by atoms with E-state index in [0.29, 0.717) is 13.2 Å². The van der Waals surface area contributed by atoms with Crippen LogP contribution in [0.4, 0.5) is 5.69 Å². The summed E-state index contributed by atoms with van der Waals surface area (Å²) in [6.07, 6.45) is -0.501. The third-order valence-electron chi connectivity index (χ3n) is 4.29. The van der Waals surface area contributed by atoms with Gasteiger partial charge in [-0.3, -0.25) is 4.90 Å². The summed E-state index contributed by atoms with van der Waals surface area (Å²) in [5.41, 5.74) is 1.27. The predicted octanol–water partition coefficient (Wildman–Crippen LogP) is 3.77. The molecule has 1 unspecified atom stereocenters. The molecule has 1 aliphatic rings. The van der Waals surface area contributed by atoms with Gasteiger partial charge in [0.2, 0.25) is 0 Å². The van der Waals surface area contributed by atoms with Crippen molar-refractivity contribution in [1.82, 2.24) is 4.90 Å². The highest BCUT2D eigenvalue weighted by atomic mass is 79.9. The van der Waals surface area contributed by atoms with Gasteiger partial charge in [0.1, 0.15) is 18.5 Å². The van der Waals surface area contributed by atoms with Crippen LogP contribution in [-0.2, 0) is 0 Å². The summed E-state index contributed by atoms with van der Waals surface area (Å²) in [5.74, 6) is 0.746. The van der Waals surface area contributed by atoms with Gasteiger partial charge in [0, 0.05) is 42.9 Å². The van der Waals surface area contributed by atoms with E-state index in [2.05, 4.69) is 65.9 Å². The van der Waals surface area contributed by atoms with Crippen LogP contribution in [0.1, 0.15) is 0 Å². The molecular formula is C19H22Br2N2O2. The number of hydrogen-bond acceptors (Lipinski definition) is 4. The summed E-state index contributed by atoms with van der Waals surface area (Å²) < 4.78 is 7.60. The molecule has 0 bridgehead atoms. The van der Waals surface area contributed by atoms with Gasteiger partial charge in [0.15, 0.2) is 0 Å². The topological polar surface area (TPSA) is 35.9 Å². The average Bonchev–Trinajstić information content (AvgIpc) is 2.62. The number of nitrogens with zero attached hydrogens (tertiary/aromatic N) is 2. The highest BCUT2D eigenvalue weighted by molar-refractivity contribution is 9.11. The molecule has 6 heteroatoms. The van der Waals surface area contributed by atoms with Gasteiger partial charge in [-0.05, 0) is 46.3 Å². The van der Waals surface area contributed by atoms with Crippen LogP contribution in [0.5, 0.6) is 5.75 Å². The second-order valence-electron chi connectivity index (χ2n) is 6.16. The van der Waals surface area contributed by atoms with Gasteiger partial charge in [-0.2, -0.15) is 0 Å². The van der Waals surface area contributed by atoms with Crippen LogP contribution >= 0.6 is 31.9 Å². The highest BCUT2D eigenvalue weighted by Crippen LogP contribution is 2.28. The SMILES string of the molecule is OC(COc1ccc(Br)cc1Br)CN1CCN(c2ccccc2)CC1. The minimum atomic E-state index is -0.501. The fraction of sp³-hybridized carbons (Fsp3) is 0.368. The number of aliphatic hydroxyl groups excluding tert-OH is 1. The fourth-order valence-electron chi connectivity index (χ4n) is 2.96. The van der Waals surface area contributed by atoms with Crippen molar-refractivity contribution in [2.75, 3.05) is 44.2 Å². The first-order valence-electron chi connectivity index (χ1n) is 8.40. The molecule has 25 heavy (non-hydrogen) atoms. The van der Waals surface area contributed by atoms with Crippen molar-refractivity contribution in [3.8, 4) is 5.75 Å². The first-order valence-corrected chi connectivity index (χ1v) is 9.98. The predicted molar refractivity (Wildman–Crippen MR) is 108 cm³/mol. The second kappa shape index (κ2) is 9.03. The number of para-hydroxylation sites is 1. The lowest BCUT2D eigenvalue weighted by Crippen LogP contribution is -2.49.